The number of alkyl halides is 3. The number of hydrogen-bond donors (Lipinski definition) is 2. The molecule has 1 aromatic rings. The third-order valence-corrected chi connectivity index (χ3v) is 2.31. The number of aromatic nitrogens is 1. The highest BCUT2D eigenvalue weighted by Crippen LogP contribution is 2.31. The first-order valence-electron chi connectivity index (χ1n) is 3.39. The molecule has 1 rings (SSSR count). The second-order valence-electron chi connectivity index (χ2n) is 2.40. The summed E-state index contributed by atoms with van der Waals surface area (Å²) in [6, 6.07) is 1.53. The van der Waals surface area contributed by atoms with Crippen LogP contribution < -0.4 is 5.32 Å². The van der Waals surface area contributed by atoms with Gasteiger partial charge in [-0.2, -0.15) is 4.37 Å². The summed E-state index contributed by atoms with van der Waals surface area (Å²) in [6.07, 6.45) is -0.996. The molecule has 2 N–H and O–H groups in total. The normalized spacial score (nSPS) is 11.4. The van der Waals surface area contributed by atoms with Crippen LogP contribution in [-0.2, 0) is 6.42 Å². The van der Waals surface area contributed by atoms with Gasteiger partial charge >= 0.3 is 6.09 Å². The van der Waals surface area contributed by atoms with Crippen molar-refractivity contribution in [3.63, 3.8) is 0 Å². The molecule has 0 saturated heterocycles. The van der Waals surface area contributed by atoms with Crippen LogP contribution in [0.5, 0.6) is 0 Å². The number of hydrogen-bond acceptors (Lipinski definition) is 3. The van der Waals surface area contributed by atoms with E-state index in [0.29, 0.717) is 10.7 Å². The van der Waals surface area contributed by atoms with Crippen molar-refractivity contribution >= 4 is 57.4 Å². The lowest BCUT2D eigenvalue weighted by atomic mass is 10.3. The summed E-state index contributed by atoms with van der Waals surface area (Å²) in [4.78, 5) is 10.3. The summed E-state index contributed by atoms with van der Waals surface area (Å²) < 4.78 is 2.51. The first kappa shape index (κ1) is 11.8. The zero-order valence-corrected chi connectivity index (χ0v) is 9.71. The molecule has 14 heavy (non-hydrogen) atoms. The summed E-state index contributed by atoms with van der Waals surface area (Å²) in [5.74, 6) is 0. The number of nitrogens with one attached hydrogen (secondary N) is 1. The Kier molecular flexibility index (Phi) is 3.83. The molecule has 8 heteroatoms. The molecule has 4 nitrogen and oxygen atoms in total. The highest BCUT2D eigenvalue weighted by Gasteiger charge is 2.22. The van der Waals surface area contributed by atoms with Gasteiger partial charge in [0.15, 0.2) is 3.79 Å². The van der Waals surface area contributed by atoms with Crippen LogP contribution in [0, 0.1) is 0 Å². The fraction of sp³-hybridized carbons (Fsp3) is 0.333. The lowest BCUT2D eigenvalue weighted by Crippen LogP contribution is -2.07. The molecule has 0 saturated carbocycles. The topological polar surface area (TPSA) is 62.2 Å². The van der Waals surface area contributed by atoms with Crippen molar-refractivity contribution < 1.29 is 9.90 Å². The zero-order valence-electron chi connectivity index (χ0n) is 6.63. The van der Waals surface area contributed by atoms with E-state index in [9.17, 15) is 4.79 Å². The van der Waals surface area contributed by atoms with Crippen LogP contribution in [0.25, 0.3) is 0 Å². The molecular formula is C6H5Cl3N2O2S. The van der Waals surface area contributed by atoms with Crippen molar-refractivity contribution in [2.24, 2.45) is 0 Å². The highest BCUT2D eigenvalue weighted by molar-refractivity contribution is 7.10. The molecule has 0 radical (unpaired) electrons. The van der Waals surface area contributed by atoms with E-state index in [1.54, 1.807) is 0 Å². The van der Waals surface area contributed by atoms with Crippen molar-refractivity contribution in [2.75, 3.05) is 5.32 Å². The van der Waals surface area contributed by atoms with Crippen LogP contribution in [0.4, 0.5) is 9.80 Å². The van der Waals surface area contributed by atoms with Gasteiger partial charge in [0.25, 0.3) is 0 Å². The molecule has 0 atom stereocenters. The molecule has 0 aliphatic heterocycles. The molecule has 0 aromatic carbocycles. The highest BCUT2D eigenvalue weighted by atomic mass is 35.6. The minimum Gasteiger partial charge on any atom is -0.465 e. The van der Waals surface area contributed by atoms with Gasteiger partial charge in [-0.3, -0.25) is 5.32 Å². The first-order valence-corrected chi connectivity index (χ1v) is 5.30. The van der Waals surface area contributed by atoms with Gasteiger partial charge in [-0.05, 0) is 17.6 Å². The maximum Gasteiger partial charge on any atom is 0.409 e. The largest absolute Gasteiger partial charge is 0.465 e. The Morgan fingerprint density at radius 3 is 2.79 bits per heavy atom. The lowest BCUT2D eigenvalue weighted by molar-refractivity contribution is 0.210. The van der Waals surface area contributed by atoms with Gasteiger partial charge in [0.2, 0.25) is 0 Å². The number of amides is 1. The van der Waals surface area contributed by atoms with E-state index in [4.69, 9.17) is 39.9 Å². The summed E-state index contributed by atoms with van der Waals surface area (Å²) in [5, 5.41) is 11.0. The van der Waals surface area contributed by atoms with Crippen molar-refractivity contribution in [3.8, 4) is 0 Å². The molecule has 1 amide bonds. The number of nitrogens with zero attached hydrogens (tertiary/aromatic N) is 1. The third-order valence-electron chi connectivity index (χ3n) is 1.17. The first-order chi connectivity index (χ1) is 6.37. The number of rotatable bonds is 2. The molecule has 0 aliphatic rings. The molecule has 0 aliphatic carbocycles. The number of carbonyl (C=O) groups is 1. The Labute approximate surface area is 98.9 Å². The predicted octanol–water partition coefficient (Wildman–Crippen LogP) is 3.15. The van der Waals surface area contributed by atoms with E-state index in [1.807, 2.05) is 0 Å². The third kappa shape index (κ3) is 4.32. The van der Waals surface area contributed by atoms with E-state index < -0.39 is 9.89 Å². The fourth-order valence-corrected chi connectivity index (χ4v) is 1.83. The number of halogens is 3. The van der Waals surface area contributed by atoms with Crippen LogP contribution in [-0.4, -0.2) is 19.4 Å². The fourth-order valence-electron chi connectivity index (χ4n) is 0.765. The van der Waals surface area contributed by atoms with Gasteiger partial charge in [0.05, 0.1) is 5.69 Å². The molecule has 0 spiro atoms. The van der Waals surface area contributed by atoms with Crippen molar-refractivity contribution in [1.82, 2.24) is 4.37 Å². The van der Waals surface area contributed by atoms with Gasteiger partial charge in [0.1, 0.15) is 5.00 Å². The molecule has 0 fully saturated rings. The zero-order chi connectivity index (χ0) is 10.8. The Hall–Kier alpha value is -0.230. The lowest BCUT2D eigenvalue weighted by Gasteiger charge is -2.06. The van der Waals surface area contributed by atoms with Crippen LogP contribution >= 0.6 is 46.3 Å². The van der Waals surface area contributed by atoms with E-state index in [2.05, 4.69) is 9.69 Å². The molecule has 1 heterocycles. The van der Waals surface area contributed by atoms with Crippen molar-refractivity contribution in [3.05, 3.63) is 11.8 Å². The van der Waals surface area contributed by atoms with Crippen LogP contribution in [0.2, 0.25) is 0 Å². The second kappa shape index (κ2) is 4.53. The predicted molar refractivity (Wildman–Crippen MR) is 57.8 cm³/mol. The Bertz CT molecular complexity index is 336. The minimum absolute atomic E-state index is 0.148. The van der Waals surface area contributed by atoms with Crippen molar-refractivity contribution in [2.45, 2.75) is 10.2 Å². The maximum absolute atomic E-state index is 10.3. The SMILES string of the molecule is O=C(O)Nc1cc(CC(Cl)(Cl)Cl)ns1. The monoisotopic (exact) mass is 274 g/mol. The van der Waals surface area contributed by atoms with E-state index in [1.165, 1.54) is 6.07 Å². The number of carboxylic acid groups (broad SMARTS) is 1. The summed E-state index contributed by atoms with van der Waals surface area (Å²) in [6.45, 7) is 0. The molecule has 78 valence electrons. The molecule has 0 unspecified atom stereocenters. The van der Waals surface area contributed by atoms with E-state index in [-0.39, 0.29) is 6.42 Å². The van der Waals surface area contributed by atoms with Crippen LogP contribution in [0.15, 0.2) is 6.07 Å². The standard InChI is InChI=1S/C6H5Cl3N2O2S/c7-6(8,9)2-3-1-4(14-11-3)10-5(12)13/h1,10H,2H2,(H,12,13). The van der Waals surface area contributed by atoms with Crippen LogP contribution in [0.3, 0.4) is 0 Å². The summed E-state index contributed by atoms with van der Waals surface area (Å²) in [5.41, 5.74) is 0.541. The second-order valence-corrected chi connectivity index (χ2v) is 5.73. The van der Waals surface area contributed by atoms with Gasteiger partial charge in [-0.1, -0.05) is 34.8 Å². The van der Waals surface area contributed by atoms with Gasteiger partial charge < -0.3 is 5.11 Å². The van der Waals surface area contributed by atoms with Gasteiger partial charge in [0, 0.05) is 6.42 Å². The van der Waals surface area contributed by atoms with Crippen LogP contribution in [0.1, 0.15) is 5.69 Å². The van der Waals surface area contributed by atoms with Crippen molar-refractivity contribution in [1.29, 1.82) is 0 Å². The minimum atomic E-state index is -1.41. The smallest absolute Gasteiger partial charge is 0.409 e. The van der Waals surface area contributed by atoms with E-state index >= 15 is 0 Å². The average Bonchev–Trinajstić information content (AvgIpc) is 2.30. The van der Waals surface area contributed by atoms with E-state index in [0.717, 1.165) is 11.5 Å². The summed E-state index contributed by atoms with van der Waals surface area (Å²) in [7, 11) is 0. The Morgan fingerprint density at radius 2 is 2.29 bits per heavy atom. The molecular weight excluding hydrogens is 271 g/mol. The Balaban J connectivity index is 2.64. The van der Waals surface area contributed by atoms with Gasteiger partial charge in [-0.25, -0.2) is 4.79 Å². The maximum atomic E-state index is 10.3. The molecule has 0 bridgehead atoms. The summed E-state index contributed by atoms with van der Waals surface area (Å²) >= 11 is 17.6. The average molecular weight is 276 g/mol. The van der Waals surface area contributed by atoms with Gasteiger partial charge in [-0.15, -0.1) is 0 Å². The molecule has 1 aromatic heterocycles. The Morgan fingerprint density at radius 1 is 1.64 bits per heavy atom. The quantitative estimate of drug-likeness (QED) is 0.815. The number of anilines is 1.